The van der Waals surface area contributed by atoms with E-state index in [0.717, 1.165) is 12.8 Å². The first kappa shape index (κ1) is 19.6. The summed E-state index contributed by atoms with van der Waals surface area (Å²) in [6.45, 7) is 3.94. The fraction of sp³-hybridized carbons (Fsp3) is 0.300. The van der Waals surface area contributed by atoms with Crippen LogP contribution in [-0.2, 0) is 0 Å². The molecule has 3 heterocycles. The number of aromatic nitrogens is 4. The molecule has 3 aromatic heterocycles. The van der Waals surface area contributed by atoms with Gasteiger partial charge in [0.05, 0.1) is 18.1 Å². The van der Waals surface area contributed by atoms with E-state index in [1.54, 1.807) is 36.0 Å². The molecule has 10 nitrogen and oxygen atoms in total. The molecule has 0 aliphatic heterocycles. The van der Waals surface area contributed by atoms with Crippen LogP contribution in [0.15, 0.2) is 43.4 Å². The van der Waals surface area contributed by atoms with Crippen molar-refractivity contribution >= 4 is 28.9 Å². The van der Waals surface area contributed by atoms with Gasteiger partial charge in [-0.25, -0.2) is 9.97 Å². The van der Waals surface area contributed by atoms with Crippen molar-refractivity contribution in [2.24, 2.45) is 0 Å². The third kappa shape index (κ3) is 4.03. The molecule has 0 spiro atoms. The molecule has 0 radical (unpaired) electrons. The Morgan fingerprint density at radius 1 is 1.47 bits per heavy atom. The van der Waals surface area contributed by atoms with Crippen LogP contribution in [0.3, 0.4) is 0 Å². The number of hydrogen-bond acceptors (Lipinski definition) is 8. The Balaban J connectivity index is 1.61. The summed E-state index contributed by atoms with van der Waals surface area (Å²) < 4.78 is 6.88. The van der Waals surface area contributed by atoms with E-state index in [1.165, 1.54) is 12.5 Å². The summed E-state index contributed by atoms with van der Waals surface area (Å²) >= 11 is 0. The minimum Gasteiger partial charge on any atom is -0.446 e. The van der Waals surface area contributed by atoms with Crippen LogP contribution in [0.1, 0.15) is 29.6 Å². The van der Waals surface area contributed by atoms with Crippen molar-refractivity contribution in [1.82, 2.24) is 24.9 Å². The zero-order chi connectivity index (χ0) is 21.1. The predicted octanol–water partition coefficient (Wildman–Crippen LogP) is 2.08. The first-order valence-electron chi connectivity index (χ1n) is 9.60. The van der Waals surface area contributed by atoms with Gasteiger partial charge in [-0.3, -0.25) is 4.79 Å². The predicted molar refractivity (Wildman–Crippen MR) is 112 cm³/mol. The number of aliphatic hydroxyl groups is 1. The van der Waals surface area contributed by atoms with Crippen molar-refractivity contribution in [3.8, 4) is 5.88 Å². The van der Waals surface area contributed by atoms with E-state index in [2.05, 4.69) is 37.6 Å². The van der Waals surface area contributed by atoms with Crippen LogP contribution in [0.4, 0.5) is 17.3 Å². The molecule has 0 saturated heterocycles. The Kier molecular flexibility index (Phi) is 5.23. The van der Waals surface area contributed by atoms with E-state index in [-0.39, 0.29) is 5.91 Å². The highest BCUT2D eigenvalue weighted by Gasteiger charge is 2.39. The van der Waals surface area contributed by atoms with Crippen LogP contribution in [-0.4, -0.2) is 49.8 Å². The Labute approximate surface area is 173 Å². The highest BCUT2D eigenvalue weighted by molar-refractivity contribution is 6.00. The highest BCUT2D eigenvalue weighted by atomic mass is 16.5. The molecule has 0 bridgehead atoms. The van der Waals surface area contributed by atoms with Crippen LogP contribution in [0.5, 0.6) is 5.88 Å². The monoisotopic (exact) mass is 409 g/mol. The number of nitrogens with one attached hydrogen (secondary N) is 3. The SMILES string of the molecule is C=COc1ncccc1Nc1cc(NC)n2ncc(C(=O)NCCC3(O)CC3)c2n1. The number of carbonyl (C=O) groups excluding carboxylic acids is 1. The van der Waals surface area contributed by atoms with Gasteiger partial charge in [-0.05, 0) is 31.4 Å². The van der Waals surface area contributed by atoms with Crippen LogP contribution in [0, 0.1) is 0 Å². The minimum absolute atomic E-state index is 0.294. The van der Waals surface area contributed by atoms with E-state index in [0.29, 0.717) is 47.4 Å². The normalized spacial score (nSPS) is 14.2. The minimum atomic E-state index is -0.613. The molecule has 4 N–H and O–H groups in total. The number of hydrogen-bond donors (Lipinski definition) is 4. The lowest BCUT2D eigenvalue weighted by Gasteiger charge is -2.12. The summed E-state index contributed by atoms with van der Waals surface area (Å²) in [4.78, 5) is 21.4. The molecule has 10 heteroatoms. The van der Waals surface area contributed by atoms with Gasteiger partial charge in [0, 0.05) is 25.9 Å². The number of nitrogens with zero attached hydrogens (tertiary/aromatic N) is 4. The van der Waals surface area contributed by atoms with Crippen molar-refractivity contribution in [2.45, 2.75) is 24.9 Å². The second-order valence-electron chi connectivity index (χ2n) is 7.07. The molecular formula is C20H23N7O3. The quantitative estimate of drug-likeness (QED) is 0.396. The molecule has 156 valence electrons. The van der Waals surface area contributed by atoms with Crippen LogP contribution in [0.2, 0.25) is 0 Å². The highest BCUT2D eigenvalue weighted by Crippen LogP contribution is 2.37. The average Bonchev–Trinajstić information content (AvgIpc) is 3.32. The second-order valence-corrected chi connectivity index (χ2v) is 7.07. The molecule has 30 heavy (non-hydrogen) atoms. The number of carbonyl (C=O) groups is 1. The van der Waals surface area contributed by atoms with Crippen molar-refractivity contribution in [1.29, 1.82) is 0 Å². The van der Waals surface area contributed by atoms with E-state index in [4.69, 9.17) is 4.74 Å². The smallest absolute Gasteiger partial charge is 0.256 e. The van der Waals surface area contributed by atoms with Crippen LogP contribution >= 0.6 is 0 Å². The van der Waals surface area contributed by atoms with Gasteiger partial charge in [0.15, 0.2) is 5.65 Å². The maximum atomic E-state index is 12.7. The molecule has 1 amide bonds. The van der Waals surface area contributed by atoms with Crippen molar-refractivity contribution < 1.29 is 14.6 Å². The summed E-state index contributed by atoms with van der Waals surface area (Å²) in [6, 6.07) is 5.32. The first-order chi connectivity index (χ1) is 14.5. The summed E-state index contributed by atoms with van der Waals surface area (Å²) in [5.41, 5.74) is 0.714. The van der Waals surface area contributed by atoms with Gasteiger partial charge >= 0.3 is 0 Å². The number of ether oxygens (including phenoxy) is 1. The van der Waals surface area contributed by atoms with Crippen LogP contribution in [0.25, 0.3) is 5.65 Å². The third-order valence-electron chi connectivity index (χ3n) is 4.90. The summed E-state index contributed by atoms with van der Waals surface area (Å²) in [6.07, 6.45) is 6.48. The molecule has 3 aromatic rings. The molecule has 0 aromatic carbocycles. The number of anilines is 3. The zero-order valence-corrected chi connectivity index (χ0v) is 16.6. The lowest BCUT2D eigenvalue weighted by atomic mass is 10.2. The Hall–Kier alpha value is -3.66. The van der Waals surface area contributed by atoms with Gasteiger partial charge in [-0.2, -0.15) is 9.61 Å². The number of amides is 1. The number of fused-ring (bicyclic) bond motifs is 1. The van der Waals surface area contributed by atoms with Crippen LogP contribution < -0.4 is 20.7 Å². The number of pyridine rings is 1. The van der Waals surface area contributed by atoms with E-state index in [9.17, 15) is 9.90 Å². The fourth-order valence-corrected chi connectivity index (χ4v) is 3.06. The van der Waals surface area contributed by atoms with E-state index >= 15 is 0 Å². The molecule has 1 saturated carbocycles. The van der Waals surface area contributed by atoms with Gasteiger partial charge in [0.2, 0.25) is 5.88 Å². The second kappa shape index (κ2) is 7.99. The number of rotatable bonds is 9. The molecule has 1 fully saturated rings. The molecule has 4 rings (SSSR count). The Morgan fingerprint density at radius 2 is 2.30 bits per heavy atom. The molecule has 1 aliphatic carbocycles. The molecule has 0 unspecified atom stereocenters. The summed E-state index contributed by atoms with van der Waals surface area (Å²) in [5, 5.41) is 23.3. The van der Waals surface area contributed by atoms with Gasteiger partial charge in [-0.15, -0.1) is 0 Å². The topological polar surface area (TPSA) is 126 Å². The Morgan fingerprint density at radius 3 is 3.03 bits per heavy atom. The summed E-state index contributed by atoms with van der Waals surface area (Å²) in [7, 11) is 1.76. The van der Waals surface area contributed by atoms with E-state index in [1.807, 2.05) is 0 Å². The first-order valence-corrected chi connectivity index (χ1v) is 9.60. The molecule has 1 aliphatic rings. The van der Waals surface area contributed by atoms with E-state index < -0.39 is 5.60 Å². The zero-order valence-electron chi connectivity index (χ0n) is 16.6. The van der Waals surface area contributed by atoms with Crippen molar-refractivity contribution in [3.05, 3.63) is 49.0 Å². The van der Waals surface area contributed by atoms with Crippen molar-refractivity contribution in [3.63, 3.8) is 0 Å². The van der Waals surface area contributed by atoms with Gasteiger partial charge < -0.3 is 25.8 Å². The third-order valence-corrected chi connectivity index (χ3v) is 4.90. The lowest BCUT2D eigenvalue weighted by molar-refractivity contribution is 0.0937. The lowest BCUT2D eigenvalue weighted by Crippen LogP contribution is -2.27. The maximum absolute atomic E-state index is 12.7. The largest absolute Gasteiger partial charge is 0.446 e. The maximum Gasteiger partial charge on any atom is 0.256 e. The summed E-state index contributed by atoms with van der Waals surface area (Å²) in [5.74, 6) is 1.18. The molecular weight excluding hydrogens is 386 g/mol. The molecule has 0 atom stereocenters. The fourth-order valence-electron chi connectivity index (χ4n) is 3.06. The van der Waals surface area contributed by atoms with Crippen molar-refractivity contribution in [2.75, 3.05) is 24.2 Å². The average molecular weight is 409 g/mol. The Bertz CT molecular complexity index is 1090. The standard InChI is InChI=1S/C20H23N7O3/c1-3-30-19-14(5-4-9-23-19)25-15-11-16(21-2)27-17(26-15)13(12-24-27)18(28)22-10-8-20(29)6-7-20/h3-5,9,11-12,21,29H,1,6-8,10H2,2H3,(H,22,28)(H,25,26). The van der Waals surface area contributed by atoms with Gasteiger partial charge in [0.1, 0.15) is 22.9 Å². The van der Waals surface area contributed by atoms with Gasteiger partial charge in [-0.1, -0.05) is 6.58 Å². The van der Waals surface area contributed by atoms with Gasteiger partial charge in [0.25, 0.3) is 5.91 Å².